The summed E-state index contributed by atoms with van der Waals surface area (Å²) in [6.45, 7) is 0.567. The number of pyridine rings is 1. The van der Waals surface area contributed by atoms with Crippen LogP contribution in [0.1, 0.15) is 5.56 Å². The topological polar surface area (TPSA) is 128 Å². The molecule has 5 aromatic rings. The predicted molar refractivity (Wildman–Crippen MR) is 122 cm³/mol. The Kier molecular flexibility index (Phi) is 5.00. The van der Waals surface area contributed by atoms with Crippen molar-refractivity contribution in [2.24, 2.45) is 5.14 Å². The zero-order valence-corrected chi connectivity index (χ0v) is 17.7. The first-order chi connectivity index (χ1) is 15.5. The molecule has 0 fully saturated rings. The normalized spacial score (nSPS) is 11.8. The third-order valence-corrected chi connectivity index (χ3v) is 5.98. The second kappa shape index (κ2) is 7.98. The maximum atomic E-state index is 11.4. The molecule has 0 spiro atoms. The van der Waals surface area contributed by atoms with E-state index in [2.05, 4.69) is 15.4 Å². The summed E-state index contributed by atoms with van der Waals surface area (Å²) in [4.78, 5) is 13.7. The van der Waals surface area contributed by atoms with Crippen LogP contribution in [0.3, 0.4) is 0 Å². The summed E-state index contributed by atoms with van der Waals surface area (Å²) in [6.07, 6.45) is 4.09. The molecule has 2 aromatic carbocycles. The summed E-state index contributed by atoms with van der Waals surface area (Å²) < 4.78 is 24.5. The first-order valence-corrected chi connectivity index (χ1v) is 11.5. The molecule has 10 heteroatoms. The fourth-order valence-electron chi connectivity index (χ4n) is 3.45. The van der Waals surface area contributed by atoms with E-state index in [1.54, 1.807) is 29.0 Å². The SMILES string of the molecule is NS(=O)(=O)c1ccc(CCNc2nc3ccccc3c3nc(-c4cccnc4)nn23)cc1. The third-order valence-electron chi connectivity index (χ3n) is 5.05. The Morgan fingerprint density at radius 3 is 2.53 bits per heavy atom. The fraction of sp³-hybridized carbons (Fsp3) is 0.0909. The molecule has 0 aliphatic carbocycles. The van der Waals surface area contributed by atoms with Crippen LogP contribution in [0.25, 0.3) is 27.9 Å². The van der Waals surface area contributed by atoms with Crippen LogP contribution in [0.4, 0.5) is 5.95 Å². The molecule has 0 aliphatic rings. The van der Waals surface area contributed by atoms with Gasteiger partial charge in [0, 0.05) is 29.9 Å². The average Bonchev–Trinajstić information content (AvgIpc) is 3.26. The van der Waals surface area contributed by atoms with Crippen LogP contribution < -0.4 is 10.5 Å². The largest absolute Gasteiger partial charge is 0.354 e. The molecular formula is C22H19N7O2S. The Bertz CT molecular complexity index is 1520. The van der Waals surface area contributed by atoms with Crippen molar-refractivity contribution in [2.75, 3.05) is 11.9 Å². The van der Waals surface area contributed by atoms with Crippen molar-refractivity contribution in [3.63, 3.8) is 0 Å². The van der Waals surface area contributed by atoms with E-state index in [0.29, 0.717) is 30.4 Å². The first kappa shape index (κ1) is 20.0. The molecule has 0 unspecified atom stereocenters. The number of anilines is 1. The molecule has 0 saturated heterocycles. The minimum Gasteiger partial charge on any atom is -0.354 e. The first-order valence-electron chi connectivity index (χ1n) is 9.90. The molecule has 160 valence electrons. The molecule has 0 saturated carbocycles. The van der Waals surface area contributed by atoms with Crippen molar-refractivity contribution in [3.05, 3.63) is 78.6 Å². The van der Waals surface area contributed by atoms with Gasteiger partial charge < -0.3 is 5.32 Å². The standard InChI is InChI=1S/C22H19N7O2S/c23-32(30,31)17-9-7-15(8-10-17)11-13-25-22-26-19-6-2-1-5-18(19)21-27-20(28-29(21)22)16-4-3-12-24-14-16/h1-10,12,14H,11,13H2,(H,25,26)(H2,23,30,31). The van der Waals surface area contributed by atoms with E-state index in [0.717, 1.165) is 22.0 Å². The number of para-hydroxylation sites is 1. The van der Waals surface area contributed by atoms with Gasteiger partial charge in [-0.3, -0.25) is 4.98 Å². The zero-order chi connectivity index (χ0) is 22.1. The minimum atomic E-state index is -3.70. The van der Waals surface area contributed by atoms with E-state index in [-0.39, 0.29) is 4.90 Å². The van der Waals surface area contributed by atoms with Gasteiger partial charge in [-0.25, -0.2) is 23.5 Å². The van der Waals surface area contributed by atoms with Gasteiger partial charge in [-0.1, -0.05) is 24.3 Å². The number of benzene rings is 2. The van der Waals surface area contributed by atoms with Crippen molar-refractivity contribution < 1.29 is 8.42 Å². The van der Waals surface area contributed by atoms with Gasteiger partial charge in [-0.05, 0) is 48.4 Å². The molecular weight excluding hydrogens is 426 g/mol. The molecule has 9 nitrogen and oxygen atoms in total. The maximum absolute atomic E-state index is 11.4. The lowest BCUT2D eigenvalue weighted by atomic mass is 10.1. The summed E-state index contributed by atoms with van der Waals surface area (Å²) >= 11 is 0. The van der Waals surface area contributed by atoms with E-state index in [9.17, 15) is 8.42 Å². The lowest BCUT2D eigenvalue weighted by molar-refractivity contribution is 0.598. The molecule has 5 rings (SSSR count). The Morgan fingerprint density at radius 2 is 1.78 bits per heavy atom. The second-order valence-electron chi connectivity index (χ2n) is 7.23. The highest BCUT2D eigenvalue weighted by molar-refractivity contribution is 7.89. The summed E-state index contributed by atoms with van der Waals surface area (Å²) in [5.41, 5.74) is 3.30. The van der Waals surface area contributed by atoms with Crippen LogP contribution >= 0.6 is 0 Å². The van der Waals surface area contributed by atoms with E-state index >= 15 is 0 Å². The highest BCUT2D eigenvalue weighted by Gasteiger charge is 2.14. The summed E-state index contributed by atoms with van der Waals surface area (Å²) in [7, 11) is -3.70. The van der Waals surface area contributed by atoms with Crippen molar-refractivity contribution in [1.82, 2.24) is 24.6 Å². The summed E-state index contributed by atoms with van der Waals surface area (Å²) in [5, 5.41) is 14.0. The van der Waals surface area contributed by atoms with Gasteiger partial charge in [0.15, 0.2) is 11.5 Å². The van der Waals surface area contributed by atoms with Crippen LogP contribution in [0.5, 0.6) is 0 Å². The van der Waals surface area contributed by atoms with E-state index in [4.69, 9.17) is 15.1 Å². The molecule has 0 bridgehead atoms. The van der Waals surface area contributed by atoms with Gasteiger partial charge in [0.05, 0.1) is 10.4 Å². The number of sulfonamides is 1. The van der Waals surface area contributed by atoms with Gasteiger partial charge in [0.2, 0.25) is 16.0 Å². The monoisotopic (exact) mass is 445 g/mol. The van der Waals surface area contributed by atoms with Gasteiger partial charge in [-0.15, -0.1) is 5.10 Å². The quantitative estimate of drug-likeness (QED) is 0.411. The molecule has 32 heavy (non-hydrogen) atoms. The number of nitrogens with zero attached hydrogens (tertiary/aromatic N) is 5. The number of hydrogen-bond acceptors (Lipinski definition) is 7. The van der Waals surface area contributed by atoms with Crippen molar-refractivity contribution >= 4 is 32.5 Å². The smallest absolute Gasteiger partial charge is 0.238 e. The van der Waals surface area contributed by atoms with Crippen LogP contribution in [0, 0.1) is 0 Å². The number of fused-ring (bicyclic) bond motifs is 3. The average molecular weight is 446 g/mol. The van der Waals surface area contributed by atoms with Crippen LogP contribution in [0.15, 0.2) is 78.0 Å². The second-order valence-corrected chi connectivity index (χ2v) is 8.79. The lowest BCUT2D eigenvalue weighted by Crippen LogP contribution is -2.13. The Hall–Kier alpha value is -3.89. The summed E-state index contributed by atoms with van der Waals surface area (Å²) in [6, 6.07) is 18.1. The minimum absolute atomic E-state index is 0.0951. The van der Waals surface area contributed by atoms with Crippen LogP contribution in [-0.2, 0) is 16.4 Å². The number of primary sulfonamides is 1. The molecule has 3 aromatic heterocycles. The zero-order valence-electron chi connectivity index (χ0n) is 16.9. The maximum Gasteiger partial charge on any atom is 0.238 e. The van der Waals surface area contributed by atoms with E-state index in [1.165, 1.54) is 12.1 Å². The Balaban J connectivity index is 1.45. The predicted octanol–water partition coefficient (Wildman–Crippen LogP) is 2.64. The van der Waals surface area contributed by atoms with E-state index in [1.807, 2.05) is 36.4 Å². The molecule has 0 amide bonds. The lowest BCUT2D eigenvalue weighted by Gasteiger charge is -2.09. The molecule has 3 N–H and O–H groups in total. The molecule has 0 aliphatic heterocycles. The van der Waals surface area contributed by atoms with Crippen LogP contribution in [0.2, 0.25) is 0 Å². The van der Waals surface area contributed by atoms with Crippen molar-refractivity contribution in [1.29, 1.82) is 0 Å². The van der Waals surface area contributed by atoms with E-state index < -0.39 is 10.0 Å². The molecule has 0 radical (unpaired) electrons. The van der Waals surface area contributed by atoms with Crippen molar-refractivity contribution in [2.45, 2.75) is 11.3 Å². The molecule has 0 atom stereocenters. The number of aromatic nitrogens is 5. The van der Waals surface area contributed by atoms with Gasteiger partial charge in [-0.2, -0.15) is 4.52 Å². The molecule has 3 heterocycles. The highest BCUT2D eigenvalue weighted by atomic mass is 32.2. The number of hydrogen-bond donors (Lipinski definition) is 2. The highest BCUT2D eigenvalue weighted by Crippen LogP contribution is 2.23. The number of nitrogens with one attached hydrogen (secondary N) is 1. The van der Waals surface area contributed by atoms with Gasteiger partial charge >= 0.3 is 0 Å². The van der Waals surface area contributed by atoms with Crippen LogP contribution in [-0.4, -0.2) is 39.5 Å². The Labute approximate surface area is 184 Å². The van der Waals surface area contributed by atoms with Crippen molar-refractivity contribution in [3.8, 4) is 11.4 Å². The van der Waals surface area contributed by atoms with Gasteiger partial charge in [0.25, 0.3) is 0 Å². The fourth-order valence-corrected chi connectivity index (χ4v) is 3.97. The van der Waals surface area contributed by atoms with Gasteiger partial charge in [0.1, 0.15) is 0 Å². The Morgan fingerprint density at radius 1 is 0.969 bits per heavy atom. The third kappa shape index (κ3) is 3.88. The number of rotatable bonds is 6. The number of nitrogens with two attached hydrogens (primary N) is 1. The summed E-state index contributed by atoms with van der Waals surface area (Å²) in [5.74, 6) is 1.14.